The third-order valence-corrected chi connectivity index (χ3v) is 7.57. The van der Waals surface area contributed by atoms with Crippen molar-refractivity contribution in [3.05, 3.63) is 41.6 Å². The van der Waals surface area contributed by atoms with Crippen LogP contribution in [0, 0.1) is 12.3 Å². The van der Waals surface area contributed by atoms with Crippen molar-refractivity contribution in [3.8, 4) is 0 Å². The molecule has 28 heavy (non-hydrogen) atoms. The highest BCUT2D eigenvalue weighted by Crippen LogP contribution is 2.41. The number of hydrogen-bond donors (Lipinski definition) is 0. The van der Waals surface area contributed by atoms with Crippen molar-refractivity contribution >= 4 is 35.0 Å². The average molecular weight is 416 g/mol. The lowest BCUT2D eigenvalue weighted by Crippen LogP contribution is -2.41. The number of nitrogens with zero attached hydrogens (tertiary/aromatic N) is 5. The lowest BCUT2D eigenvalue weighted by molar-refractivity contribution is 0.133. The number of imidazole rings is 1. The van der Waals surface area contributed by atoms with Gasteiger partial charge in [0.1, 0.15) is 0 Å². The summed E-state index contributed by atoms with van der Waals surface area (Å²) in [6.07, 6.45) is 11.0. The van der Waals surface area contributed by atoms with Crippen LogP contribution in [0.15, 0.2) is 40.6 Å². The number of aromatic nitrogens is 4. The molecule has 5 heterocycles. The Bertz CT molecular complexity index is 1010. The summed E-state index contributed by atoms with van der Waals surface area (Å²) < 4.78 is 7.75. The van der Waals surface area contributed by atoms with Gasteiger partial charge in [-0.15, -0.1) is 0 Å². The van der Waals surface area contributed by atoms with Crippen LogP contribution in [-0.2, 0) is 4.74 Å². The molecule has 0 saturated carbocycles. The van der Waals surface area contributed by atoms with Crippen molar-refractivity contribution < 1.29 is 4.74 Å². The van der Waals surface area contributed by atoms with Crippen LogP contribution in [0.1, 0.15) is 25.0 Å². The van der Waals surface area contributed by atoms with Gasteiger partial charge in [0.2, 0.25) is 5.95 Å². The maximum atomic E-state index is 6.43. The smallest absolute Gasteiger partial charge is 0.211 e. The minimum atomic E-state index is 0.385. The Morgan fingerprint density at radius 1 is 1.11 bits per heavy atom. The molecule has 0 radical (unpaired) electrons. The average Bonchev–Trinajstić information content (AvgIpc) is 3.37. The van der Waals surface area contributed by atoms with E-state index in [1.807, 2.05) is 31.6 Å². The maximum absolute atomic E-state index is 6.43. The number of ether oxygens (including phenoxy) is 1. The number of halogens is 1. The van der Waals surface area contributed by atoms with Crippen LogP contribution in [0.3, 0.4) is 0 Å². The molecule has 2 aliphatic heterocycles. The minimum absolute atomic E-state index is 0.385. The van der Waals surface area contributed by atoms with Crippen LogP contribution in [0.5, 0.6) is 0 Å². The van der Waals surface area contributed by atoms with E-state index >= 15 is 0 Å². The van der Waals surface area contributed by atoms with Crippen LogP contribution >= 0.6 is 23.4 Å². The van der Waals surface area contributed by atoms with Gasteiger partial charge in [0.05, 0.1) is 22.2 Å². The monoisotopic (exact) mass is 415 g/mol. The molecule has 0 atom stereocenters. The highest BCUT2D eigenvalue weighted by molar-refractivity contribution is 7.99. The summed E-state index contributed by atoms with van der Waals surface area (Å²) in [6.45, 7) is 5.75. The Morgan fingerprint density at radius 3 is 2.75 bits per heavy atom. The summed E-state index contributed by atoms with van der Waals surface area (Å²) in [5, 5.41) is 0.682. The number of pyridine rings is 1. The second-order valence-corrected chi connectivity index (χ2v) is 9.11. The lowest BCUT2D eigenvalue weighted by atomic mass is 9.78. The van der Waals surface area contributed by atoms with Gasteiger partial charge in [-0.3, -0.25) is 9.38 Å². The fourth-order valence-corrected chi connectivity index (χ4v) is 5.31. The molecule has 0 aliphatic carbocycles. The molecular weight excluding hydrogens is 394 g/mol. The molecule has 5 rings (SSSR count). The first-order valence-electron chi connectivity index (χ1n) is 9.59. The summed E-state index contributed by atoms with van der Waals surface area (Å²) in [5.41, 5.74) is 2.12. The van der Waals surface area contributed by atoms with Crippen molar-refractivity contribution in [2.24, 2.45) is 5.41 Å². The van der Waals surface area contributed by atoms with E-state index in [2.05, 4.69) is 19.3 Å². The van der Waals surface area contributed by atoms with Crippen LogP contribution in [0.4, 0.5) is 5.95 Å². The molecule has 0 N–H and O–H groups in total. The summed E-state index contributed by atoms with van der Waals surface area (Å²) in [5.74, 6) is 0.961. The van der Waals surface area contributed by atoms with E-state index in [0.717, 1.165) is 66.2 Å². The van der Waals surface area contributed by atoms with Crippen LogP contribution < -0.4 is 4.90 Å². The second-order valence-electron chi connectivity index (χ2n) is 7.64. The third-order valence-electron chi connectivity index (χ3n) is 5.91. The lowest BCUT2D eigenvalue weighted by Gasteiger charge is -2.38. The zero-order valence-electron chi connectivity index (χ0n) is 15.8. The summed E-state index contributed by atoms with van der Waals surface area (Å²) in [7, 11) is 0. The Morgan fingerprint density at radius 2 is 1.96 bits per heavy atom. The van der Waals surface area contributed by atoms with Gasteiger partial charge in [0, 0.05) is 49.4 Å². The van der Waals surface area contributed by atoms with E-state index in [9.17, 15) is 0 Å². The van der Waals surface area contributed by atoms with E-state index in [1.165, 1.54) is 6.42 Å². The molecule has 0 unspecified atom stereocenters. The van der Waals surface area contributed by atoms with Gasteiger partial charge in [-0.2, -0.15) is 0 Å². The van der Waals surface area contributed by atoms with Crippen LogP contribution in [0.25, 0.3) is 5.65 Å². The van der Waals surface area contributed by atoms with E-state index in [-0.39, 0.29) is 0 Å². The van der Waals surface area contributed by atoms with Gasteiger partial charge < -0.3 is 9.64 Å². The summed E-state index contributed by atoms with van der Waals surface area (Å²) in [6, 6.07) is 1.93. The quantitative estimate of drug-likeness (QED) is 0.637. The van der Waals surface area contributed by atoms with Gasteiger partial charge in [0.15, 0.2) is 5.65 Å². The molecule has 6 nitrogen and oxygen atoms in total. The number of anilines is 1. The predicted octanol–water partition coefficient (Wildman–Crippen LogP) is 4.24. The SMILES string of the molecule is Cc1nccc(Sc2cnc(N3CCC4(CCOC4)CC3)n3ccnc23)c1Cl. The van der Waals surface area contributed by atoms with Crippen molar-refractivity contribution in [3.63, 3.8) is 0 Å². The van der Waals surface area contributed by atoms with E-state index in [4.69, 9.17) is 21.3 Å². The molecule has 1 spiro atoms. The van der Waals surface area contributed by atoms with Crippen molar-refractivity contribution in [2.45, 2.75) is 36.0 Å². The number of aryl methyl sites for hydroxylation is 1. The van der Waals surface area contributed by atoms with E-state index < -0.39 is 0 Å². The fraction of sp³-hybridized carbons (Fsp3) is 0.450. The topological polar surface area (TPSA) is 55.5 Å². The van der Waals surface area contributed by atoms with Crippen LogP contribution in [0.2, 0.25) is 5.02 Å². The molecule has 3 aromatic heterocycles. The van der Waals surface area contributed by atoms with Crippen LogP contribution in [-0.4, -0.2) is 45.7 Å². The molecule has 8 heteroatoms. The first-order chi connectivity index (χ1) is 13.7. The van der Waals surface area contributed by atoms with Gasteiger partial charge in [-0.1, -0.05) is 23.4 Å². The van der Waals surface area contributed by atoms with Gasteiger partial charge in [0.25, 0.3) is 0 Å². The number of piperidine rings is 1. The molecule has 3 aromatic rings. The van der Waals surface area contributed by atoms with Gasteiger partial charge in [-0.05, 0) is 37.7 Å². The molecule has 0 aromatic carbocycles. The van der Waals surface area contributed by atoms with E-state index in [1.54, 1.807) is 18.0 Å². The fourth-order valence-electron chi connectivity index (χ4n) is 4.14. The minimum Gasteiger partial charge on any atom is -0.381 e. The molecule has 0 bridgehead atoms. The first-order valence-corrected chi connectivity index (χ1v) is 10.8. The highest BCUT2D eigenvalue weighted by Gasteiger charge is 2.38. The highest BCUT2D eigenvalue weighted by atomic mass is 35.5. The molecule has 2 saturated heterocycles. The van der Waals surface area contributed by atoms with Gasteiger partial charge in [-0.25, -0.2) is 9.97 Å². The summed E-state index contributed by atoms with van der Waals surface area (Å²) in [4.78, 5) is 18.0. The Hall–Kier alpha value is -1.83. The Kier molecular flexibility index (Phi) is 4.69. The molecule has 2 fully saturated rings. The van der Waals surface area contributed by atoms with Crippen molar-refractivity contribution in [2.75, 3.05) is 31.2 Å². The Labute approximate surface area is 173 Å². The zero-order valence-corrected chi connectivity index (χ0v) is 17.3. The molecular formula is C20H22ClN5OS. The Balaban J connectivity index is 1.43. The second kappa shape index (κ2) is 7.21. The molecule has 2 aliphatic rings. The molecule has 146 valence electrons. The first kappa shape index (κ1) is 18.2. The summed E-state index contributed by atoms with van der Waals surface area (Å²) >= 11 is 8.01. The maximum Gasteiger partial charge on any atom is 0.211 e. The zero-order chi connectivity index (χ0) is 19.1. The molecule has 0 amide bonds. The van der Waals surface area contributed by atoms with Crippen molar-refractivity contribution in [1.82, 2.24) is 19.4 Å². The predicted molar refractivity (Wildman–Crippen MR) is 110 cm³/mol. The normalized spacial score (nSPS) is 19.0. The largest absolute Gasteiger partial charge is 0.381 e. The van der Waals surface area contributed by atoms with Crippen molar-refractivity contribution in [1.29, 1.82) is 0 Å². The number of fused-ring (bicyclic) bond motifs is 1. The third kappa shape index (κ3) is 3.15. The van der Waals surface area contributed by atoms with E-state index in [0.29, 0.717) is 10.4 Å². The number of hydrogen-bond acceptors (Lipinski definition) is 6. The van der Waals surface area contributed by atoms with Gasteiger partial charge >= 0.3 is 0 Å². The standard InChI is InChI=1S/C20H22ClN5OS/c1-14-17(21)15(2-6-22-14)28-16-12-24-19(26-10-7-23-18(16)26)25-8-3-20(4-9-25)5-11-27-13-20/h2,6-7,10,12H,3-5,8-9,11,13H2,1H3. The number of rotatable bonds is 3.